The predicted molar refractivity (Wildman–Crippen MR) is 104 cm³/mol. The van der Waals surface area contributed by atoms with Crippen LogP contribution in [-0.4, -0.2) is 4.98 Å². The predicted octanol–water partition coefficient (Wildman–Crippen LogP) is 8.23. The van der Waals surface area contributed by atoms with Crippen molar-refractivity contribution >= 4 is 21.1 Å². The second-order valence-corrected chi connectivity index (χ2v) is 8.84. The molecule has 0 aliphatic rings. The fourth-order valence-corrected chi connectivity index (χ4v) is 3.72. The molecule has 3 aromatic carbocycles. The number of rotatable bonds is 3. The van der Waals surface area contributed by atoms with Crippen LogP contribution in [0.25, 0.3) is 33.3 Å². The summed E-state index contributed by atoms with van der Waals surface area (Å²) in [5.74, 6) is 0. The number of benzene rings is 3. The molecule has 0 atom stereocenters. The van der Waals surface area contributed by atoms with Crippen molar-refractivity contribution in [3.8, 4) is 22.4 Å². The van der Waals surface area contributed by atoms with Crippen LogP contribution in [0, 0.1) is 0 Å². The minimum absolute atomic E-state index is 0.0247. The van der Waals surface area contributed by atoms with Crippen molar-refractivity contribution in [3.05, 3.63) is 84.9 Å². The standard InChI is InChI=1S/C21H14F5NS/c22-28(23,24,25,26)17-11-12-20-19(13-17)18(15-7-3-1-4-8-15)14-21(27-20)16-9-5-2-6-10-16/h1-14H. The molecule has 4 rings (SSSR count). The molecule has 0 aliphatic carbocycles. The SMILES string of the molecule is FS(F)(F)(F)(F)c1ccc2nc(-c3ccccc3)cc(-c3ccccc3)c2c1. The summed E-state index contributed by atoms with van der Waals surface area (Å²) in [6.07, 6.45) is 0. The van der Waals surface area contributed by atoms with E-state index < -0.39 is 15.1 Å². The Kier molecular flexibility index (Phi) is 3.65. The summed E-state index contributed by atoms with van der Waals surface area (Å²) in [7, 11) is -9.80. The number of halogens is 5. The van der Waals surface area contributed by atoms with E-state index in [1.807, 2.05) is 30.3 Å². The lowest BCUT2D eigenvalue weighted by atomic mass is 9.98. The Labute approximate surface area is 158 Å². The van der Waals surface area contributed by atoms with Gasteiger partial charge in [-0.05, 0) is 35.4 Å². The quantitative estimate of drug-likeness (QED) is 0.312. The average molecular weight is 407 g/mol. The molecule has 4 aromatic rings. The Morgan fingerprint density at radius 1 is 0.607 bits per heavy atom. The van der Waals surface area contributed by atoms with E-state index in [1.54, 1.807) is 36.4 Å². The van der Waals surface area contributed by atoms with Gasteiger partial charge in [-0.25, -0.2) is 4.98 Å². The van der Waals surface area contributed by atoms with Gasteiger partial charge in [0, 0.05) is 10.9 Å². The van der Waals surface area contributed by atoms with Crippen LogP contribution in [-0.2, 0) is 0 Å². The van der Waals surface area contributed by atoms with Crippen LogP contribution >= 0.6 is 10.2 Å². The van der Waals surface area contributed by atoms with Gasteiger partial charge in [0.25, 0.3) is 0 Å². The fraction of sp³-hybridized carbons (Fsp3) is 0. The molecule has 0 fully saturated rings. The number of aromatic nitrogens is 1. The van der Waals surface area contributed by atoms with Gasteiger partial charge < -0.3 is 0 Å². The highest BCUT2D eigenvalue weighted by atomic mass is 32.5. The summed E-state index contributed by atoms with van der Waals surface area (Å²) in [5, 5.41) is 0.0247. The zero-order valence-electron chi connectivity index (χ0n) is 14.3. The van der Waals surface area contributed by atoms with Crippen molar-refractivity contribution in [1.82, 2.24) is 4.98 Å². The maximum Gasteiger partial charge on any atom is 0.310 e. The highest BCUT2D eigenvalue weighted by molar-refractivity contribution is 8.45. The van der Waals surface area contributed by atoms with Gasteiger partial charge in [0.15, 0.2) is 0 Å². The molecular formula is C21H14F5NS. The van der Waals surface area contributed by atoms with Gasteiger partial charge in [-0.1, -0.05) is 80.1 Å². The third-order valence-corrected chi connectivity index (χ3v) is 5.52. The molecular weight excluding hydrogens is 393 g/mol. The summed E-state index contributed by atoms with van der Waals surface area (Å²) >= 11 is 0. The van der Waals surface area contributed by atoms with Gasteiger partial charge in [0.05, 0.1) is 11.2 Å². The molecule has 0 spiro atoms. The smallest absolute Gasteiger partial charge is 0.248 e. The first-order chi connectivity index (χ1) is 13.0. The molecule has 7 heteroatoms. The maximum atomic E-state index is 13.3. The highest BCUT2D eigenvalue weighted by Crippen LogP contribution is 3.02. The molecule has 0 amide bonds. The minimum atomic E-state index is -9.80. The molecule has 0 N–H and O–H groups in total. The van der Waals surface area contributed by atoms with Crippen molar-refractivity contribution in [2.75, 3.05) is 0 Å². The van der Waals surface area contributed by atoms with Crippen LogP contribution in [0.15, 0.2) is 89.8 Å². The molecule has 0 unspecified atom stereocenters. The lowest BCUT2D eigenvalue weighted by Crippen LogP contribution is -2.06. The molecule has 1 aromatic heterocycles. The molecule has 0 saturated heterocycles. The number of nitrogens with zero attached hydrogens (tertiary/aromatic N) is 1. The third kappa shape index (κ3) is 3.57. The zero-order chi connectivity index (χ0) is 20.1. The summed E-state index contributed by atoms with van der Waals surface area (Å²) in [6, 6.07) is 21.3. The third-order valence-electron chi connectivity index (χ3n) is 4.38. The number of hydrogen-bond acceptors (Lipinski definition) is 1. The van der Waals surface area contributed by atoms with Crippen LogP contribution in [0.5, 0.6) is 0 Å². The Morgan fingerprint density at radius 3 is 1.75 bits per heavy atom. The van der Waals surface area contributed by atoms with Crippen molar-refractivity contribution in [2.24, 2.45) is 0 Å². The van der Waals surface area contributed by atoms with Gasteiger partial charge in [0.2, 0.25) is 0 Å². The molecule has 1 nitrogen and oxygen atoms in total. The zero-order valence-corrected chi connectivity index (χ0v) is 15.1. The van der Waals surface area contributed by atoms with Gasteiger partial charge in [-0.2, -0.15) is 0 Å². The van der Waals surface area contributed by atoms with Crippen LogP contribution in [0.2, 0.25) is 0 Å². The topological polar surface area (TPSA) is 12.9 Å². The summed E-state index contributed by atoms with van der Waals surface area (Å²) in [4.78, 5) is 2.48. The molecule has 0 saturated carbocycles. The monoisotopic (exact) mass is 407 g/mol. The first-order valence-electron chi connectivity index (χ1n) is 8.31. The molecule has 0 bridgehead atoms. The van der Waals surface area contributed by atoms with Gasteiger partial charge in [0.1, 0.15) is 4.90 Å². The largest absolute Gasteiger partial charge is 0.310 e. The second kappa shape index (κ2) is 5.54. The fourth-order valence-electron chi connectivity index (χ4n) is 3.06. The minimum Gasteiger partial charge on any atom is -0.248 e. The Morgan fingerprint density at radius 2 is 1.18 bits per heavy atom. The summed E-state index contributed by atoms with van der Waals surface area (Å²) in [6.45, 7) is 0. The number of fused-ring (bicyclic) bond motifs is 1. The van der Waals surface area contributed by atoms with E-state index in [-0.39, 0.29) is 10.9 Å². The lowest BCUT2D eigenvalue weighted by molar-refractivity contribution is 0.364. The van der Waals surface area contributed by atoms with Crippen molar-refractivity contribution in [1.29, 1.82) is 0 Å². The van der Waals surface area contributed by atoms with Crippen molar-refractivity contribution in [2.45, 2.75) is 4.90 Å². The molecule has 1 heterocycles. The van der Waals surface area contributed by atoms with E-state index in [0.717, 1.165) is 11.6 Å². The van der Waals surface area contributed by atoms with Gasteiger partial charge in [-0.3, -0.25) is 0 Å². The Balaban J connectivity index is 2.05. The Hall–Kier alpha value is -2.93. The Bertz CT molecular complexity index is 1170. The highest BCUT2D eigenvalue weighted by Gasteiger charge is 2.65. The summed E-state index contributed by atoms with van der Waals surface area (Å²) < 4.78 is 66.7. The first-order valence-corrected chi connectivity index (χ1v) is 10.3. The van der Waals surface area contributed by atoms with Crippen LogP contribution in [0.1, 0.15) is 0 Å². The molecule has 0 radical (unpaired) electrons. The average Bonchev–Trinajstić information content (AvgIpc) is 2.66. The second-order valence-electron chi connectivity index (χ2n) is 6.44. The normalized spacial score (nSPS) is 14.5. The van der Waals surface area contributed by atoms with Gasteiger partial charge in [-0.15, -0.1) is 0 Å². The van der Waals surface area contributed by atoms with E-state index in [0.29, 0.717) is 29.0 Å². The van der Waals surface area contributed by atoms with Crippen LogP contribution in [0.4, 0.5) is 19.4 Å². The molecule has 28 heavy (non-hydrogen) atoms. The van der Waals surface area contributed by atoms with E-state index in [9.17, 15) is 19.4 Å². The van der Waals surface area contributed by atoms with Crippen LogP contribution < -0.4 is 0 Å². The van der Waals surface area contributed by atoms with E-state index >= 15 is 0 Å². The lowest BCUT2D eigenvalue weighted by Gasteiger charge is -2.40. The molecule has 0 aliphatic heterocycles. The van der Waals surface area contributed by atoms with Crippen molar-refractivity contribution in [3.63, 3.8) is 0 Å². The number of hydrogen-bond donors (Lipinski definition) is 0. The van der Waals surface area contributed by atoms with E-state index in [4.69, 9.17) is 0 Å². The number of pyridine rings is 1. The molecule has 144 valence electrons. The van der Waals surface area contributed by atoms with Crippen LogP contribution in [0.3, 0.4) is 0 Å². The van der Waals surface area contributed by atoms with E-state index in [1.165, 1.54) is 0 Å². The first kappa shape index (κ1) is 18.4. The van der Waals surface area contributed by atoms with Crippen molar-refractivity contribution < 1.29 is 19.4 Å². The summed E-state index contributed by atoms with van der Waals surface area (Å²) in [5.41, 5.74) is 2.57. The van der Waals surface area contributed by atoms with Gasteiger partial charge >= 0.3 is 10.2 Å². The van der Waals surface area contributed by atoms with E-state index in [2.05, 4.69) is 4.98 Å². The maximum absolute atomic E-state index is 13.3.